The average molecular weight is 591 g/mol. The maximum atomic E-state index is 4.35. The normalized spacial score (nSPS) is 20.3. The number of allylic oxidation sites excluding steroid dienone is 10. The van der Waals surface area contributed by atoms with Crippen LogP contribution in [-0.2, 0) is 17.1 Å². The summed E-state index contributed by atoms with van der Waals surface area (Å²) in [6.45, 7) is 10.9. The first-order valence-electron chi connectivity index (χ1n) is 12.7. The molecule has 4 heterocycles. The third-order valence-electron chi connectivity index (χ3n) is 5.98. The van der Waals surface area contributed by atoms with E-state index < -0.39 is 0 Å². The predicted octanol–water partition coefficient (Wildman–Crippen LogP) is 8.82. The zero-order valence-corrected chi connectivity index (χ0v) is 25.8. The van der Waals surface area contributed by atoms with Crippen LogP contribution in [0.5, 0.6) is 0 Å². The first-order chi connectivity index (χ1) is 18.1. The monoisotopic (exact) mass is 590 g/mol. The molecule has 0 fully saturated rings. The molecule has 0 radical (unpaired) electrons. The molecule has 38 heavy (non-hydrogen) atoms. The largest absolute Gasteiger partial charge is 4.00 e. The summed E-state index contributed by atoms with van der Waals surface area (Å²) >= 11 is 3.42. The molecule has 0 unspecified atom stereocenters. The maximum Gasteiger partial charge on any atom is 4.00 e. The van der Waals surface area contributed by atoms with Gasteiger partial charge in [-0.2, -0.15) is 12.4 Å². The van der Waals surface area contributed by atoms with Crippen LogP contribution in [0.2, 0.25) is 0 Å². The van der Waals surface area contributed by atoms with Crippen LogP contribution in [0, 0.1) is 12.9 Å². The Hall–Kier alpha value is -2.32. The number of hydrogen-bond acceptors (Lipinski definition) is 6. The third kappa shape index (κ3) is 8.09. The van der Waals surface area contributed by atoms with E-state index in [4.69, 9.17) is 0 Å². The van der Waals surface area contributed by atoms with Gasteiger partial charge in [0.05, 0.1) is 0 Å². The molecule has 0 aromatic heterocycles. The molecule has 9 heteroatoms. The van der Waals surface area contributed by atoms with Gasteiger partial charge >= 0.3 is 17.1 Å². The van der Waals surface area contributed by atoms with E-state index in [-0.39, 0.29) is 17.1 Å². The van der Waals surface area contributed by atoms with Crippen molar-refractivity contribution < 1.29 is 17.1 Å². The van der Waals surface area contributed by atoms with Crippen molar-refractivity contribution in [2.75, 3.05) is 12.5 Å². The van der Waals surface area contributed by atoms with Crippen molar-refractivity contribution in [2.24, 2.45) is 0 Å². The second kappa shape index (κ2) is 16.6. The molecule has 0 saturated heterocycles. The Labute approximate surface area is 249 Å². The van der Waals surface area contributed by atoms with Crippen molar-refractivity contribution in [3.8, 4) is 0 Å². The van der Waals surface area contributed by atoms with Gasteiger partial charge in [0.1, 0.15) is 0 Å². The van der Waals surface area contributed by atoms with Gasteiger partial charge in [0.2, 0.25) is 0 Å². The fraction of sp³-hybridized carbons (Fsp3) is 0.345. The van der Waals surface area contributed by atoms with Crippen molar-refractivity contribution >= 4 is 23.9 Å². The SMILES string of the molecule is CCC1=C(CC)N(SC)[C-]=CN1/C=C1/C=CC=C[N-]1.CCC1=C(CC)N(SC)[CH-]N1/C=C1/C=CC=C[N-]1.[Fe+4]. The molecule has 4 rings (SSSR count). The van der Waals surface area contributed by atoms with E-state index in [2.05, 4.69) is 94.5 Å². The molecule has 0 N–H and O–H groups in total. The van der Waals surface area contributed by atoms with Crippen molar-refractivity contribution in [3.05, 3.63) is 125 Å². The molecule has 0 spiro atoms. The van der Waals surface area contributed by atoms with Gasteiger partial charge in [-0.25, -0.2) is 0 Å². The van der Waals surface area contributed by atoms with Gasteiger partial charge in [-0.15, -0.1) is 30.0 Å². The van der Waals surface area contributed by atoms with Crippen LogP contribution in [0.25, 0.3) is 10.6 Å². The van der Waals surface area contributed by atoms with Crippen LogP contribution >= 0.6 is 23.9 Å². The number of rotatable bonds is 8. The first kappa shape index (κ1) is 31.9. The van der Waals surface area contributed by atoms with Crippen molar-refractivity contribution in [2.45, 2.75) is 53.4 Å². The minimum Gasteiger partial charge on any atom is -0.663 e. The van der Waals surface area contributed by atoms with Crippen LogP contribution in [0.1, 0.15) is 53.4 Å². The number of hydrogen-bond donors (Lipinski definition) is 0. The fourth-order valence-corrected chi connectivity index (χ4v) is 5.54. The zero-order valence-electron chi connectivity index (χ0n) is 23.1. The number of nitrogens with zero attached hydrogens (tertiary/aromatic N) is 6. The molecule has 4 aliphatic rings. The standard InChI is InChI=1S/C15H19N3S.C14H19N3S.Fe/c1-4-14-15(5-2)18(19-3)11-10-17(14)12-13-8-6-7-9-16-13;1-4-13-14(5-2)17(18-3)11-16(13)10-12-8-6-7-9-15-12;/h6-10,12H,4-5H2,1-3H3;6-11H,4-5H2,1-3H3;/q2*-2;+4/b13-12-;12-10-;. The molecule has 4 aliphatic heterocycles. The summed E-state index contributed by atoms with van der Waals surface area (Å²) in [5.41, 5.74) is 7.30. The third-order valence-corrected chi connectivity index (χ3v) is 7.38. The Morgan fingerprint density at radius 2 is 1.34 bits per heavy atom. The van der Waals surface area contributed by atoms with Crippen LogP contribution in [0.4, 0.5) is 0 Å². The second-order valence-electron chi connectivity index (χ2n) is 8.14. The summed E-state index contributed by atoms with van der Waals surface area (Å²) in [5, 5.41) is 8.69. The molecule has 0 aromatic carbocycles. The maximum absolute atomic E-state index is 4.35. The Morgan fingerprint density at radius 3 is 1.82 bits per heavy atom. The zero-order chi connectivity index (χ0) is 26.6. The van der Waals surface area contributed by atoms with E-state index in [1.807, 2.05) is 55.1 Å². The summed E-state index contributed by atoms with van der Waals surface area (Å²) in [6.07, 6.45) is 33.2. The molecular weight excluding hydrogens is 552 g/mol. The molecular formula is C29H38FeN6S2. The van der Waals surface area contributed by atoms with E-state index in [1.54, 1.807) is 23.9 Å². The van der Waals surface area contributed by atoms with E-state index >= 15 is 0 Å². The topological polar surface area (TPSA) is 41.2 Å². The van der Waals surface area contributed by atoms with Crippen LogP contribution in [0.15, 0.2) is 102 Å². The average Bonchev–Trinajstić information content (AvgIpc) is 3.30. The van der Waals surface area contributed by atoms with Gasteiger partial charge in [-0.05, 0) is 49.9 Å². The quantitative estimate of drug-likeness (QED) is 0.160. The fourth-order valence-electron chi connectivity index (χ4n) is 4.28. The van der Waals surface area contributed by atoms with Gasteiger partial charge in [0.15, 0.2) is 0 Å². The van der Waals surface area contributed by atoms with Crippen molar-refractivity contribution in [3.63, 3.8) is 0 Å². The van der Waals surface area contributed by atoms with Crippen molar-refractivity contribution in [1.29, 1.82) is 0 Å². The van der Waals surface area contributed by atoms with Crippen molar-refractivity contribution in [1.82, 2.24) is 18.4 Å². The van der Waals surface area contributed by atoms with E-state index in [0.717, 1.165) is 37.1 Å². The minimum atomic E-state index is 0. The summed E-state index contributed by atoms with van der Waals surface area (Å²) in [7, 11) is 0. The molecule has 204 valence electrons. The molecule has 0 amide bonds. The van der Waals surface area contributed by atoms with Gasteiger partial charge in [0, 0.05) is 11.4 Å². The van der Waals surface area contributed by atoms with Crippen LogP contribution < -0.4 is 0 Å². The Kier molecular flexibility index (Phi) is 13.9. The van der Waals surface area contributed by atoms with E-state index in [1.165, 1.54) is 22.8 Å². The molecule has 0 aromatic rings. The van der Waals surface area contributed by atoms with E-state index in [0.29, 0.717) is 0 Å². The minimum absolute atomic E-state index is 0. The smallest absolute Gasteiger partial charge is 0.663 e. The van der Waals surface area contributed by atoms with Crippen LogP contribution in [0.3, 0.4) is 0 Å². The Bertz CT molecular complexity index is 1070. The first-order valence-corrected chi connectivity index (χ1v) is 15.1. The predicted molar refractivity (Wildman–Crippen MR) is 161 cm³/mol. The van der Waals surface area contributed by atoms with Gasteiger partial charge < -0.3 is 29.0 Å². The summed E-state index contributed by atoms with van der Waals surface area (Å²) in [5.74, 6) is 0. The van der Waals surface area contributed by atoms with Crippen LogP contribution in [-0.4, -0.2) is 30.9 Å². The summed E-state index contributed by atoms with van der Waals surface area (Å²) in [6, 6.07) is 0. The van der Waals surface area contributed by atoms with Gasteiger partial charge in [-0.1, -0.05) is 101 Å². The molecule has 0 atom stereocenters. The Balaban J connectivity index is 0.000000260. The Morgan fingerprint density at radius 1 is 0.763 bits per heavy atom. The second-order valence-corrected chi connectivity index (χ2v) is 9.63. The summed E-state index contributed by atoms with van der Waals surface area (Å²) in [4.78, 5) is 4.32. The van der Waals surface area contributed by atoms with Gasteiger partial charge in [0.25, 0.3) is 0 Å². The molecule has 0 bridgehead atoms. The molecule has 0 saturated carbocycles. The summed E-state index contributed by atoms with van der Waals surface area (Å²) < 4.78 is 4.35. The molecule has 0 aliphatic carbocycles. The molecule has 6 nitrogen and oxygen atoms in total. The van der Waals surface area contributed by atoms with E-state index in [9.17, 15) is 0 Å². The van der Waals surface area contributed by atoms with Gasteiger partial charge in [-0.3, -0.25) is 0 Å².